The zero-order valence-corrected chi connectivity index (χ0v) is 20.6. The largest absolute Gasteiger partial charge is 1.00 e. The lowest BCUT2D eigenvalue weighted by Crippen LogP contribution is -3.14. The third kappa shape index (κ3) is 6.93. The Bertz CT molecular complexity index is 934. The molecule has 2 aromatic rings. The molecule has 0 saturated carbocycles. The van der Waals surface area contributed by atoms with E-state index in [1.165, 1.54) is 4.90 Å². The second-order valence-electron chi connectivity index (χ2n) is 8.04. The summed E-state index contributed by atoms with van der Waals surface area (Å²) in [5, 5.41) is 4.86. The summed E-state index contributed by atoms with van der Waals surface area (Å²) in [5.74, 6) is 0.0448. The van der Waals surface area contributed by atoms with E-state index in [1.54, 1.807) is 6.92 Å². The van der Waals surface area contributed by atoms with Crippen molar-refractivity contribution in [2.45, 2.75) is 33.6 Å². The third-order valence-corrected chi connectivity index (χ3v) is 6.01. The van der Waals surface area contributed by atoms with Crippen molar-refractivity contribution in [1.29, 1.82) is 0 Å². The molecule has 1 aliphatic rings. The number of carbonyl (C=O) groups is 2. The molecule has 0 radical (unpaired) electrons. The number of halogens is 1. The van der Waals surface area contributed by atoms with Gasteiger partial charge in [-0.1, -0.05) is 24.3 Å². The number of hydrogen-bond acceptors (Lipinski definition) is 3. The number of anilines is 3. The zero-order chi connectivity index (χ0) is 22.9. The first kappa shape index (κ1) is 26.6. The maximum absolute atomic E-state index is 13.5. The second kappa shape index (κ2) is 13.2. The lowest BCUT2D eigenvalue weighted by molar-refractivity contribution is -0.908. The molecule has 8 heteroatoms. The van der Waals surface area contributed by atoms with Gasteiger partial charge >= 0.3 is 6.09 Å². The van der Waals surface area contributed by atoms with E-state index >= 15 is 0 Å². The molecule has 0 atom stereocenters. The van der Waals surface area contributed by atoms with Crippen molar-refractivity contribution in [3.63, 3.8) is 0 Å². The summed E-state index contributed by atoms with van der Waals surface area (Å²) in [4.78, 5) is 28.8. The Kier molecular flexibility index (Phi) is 10.6. The first-order chi connectivity index (χ1) is 15.6. The lowest BCUT2D eigenvalue weighted by Gasteiger charge is -2.25. The minimum Gasteiger partial charge on any atom is -1.00 e. The van der Waals surface area contributed by atoms with Gasteiger partial charge in [-0.3, -0.25) is 15.0 Å². The van der Waals surface area contributed by atoms with Crippen molar-refractivity contribution >= 4 is 29.1 Å². The number of nitrogens with zero attached hydrogens (tertiary/aromatic N) is 1. The van der Waals surface area contributed by atoms with Crippen molar-refractivity contribution in [3.05, 3.63) is 53.6 Å². The molecule has 0 unspecified atom stereocenters. The molecule has 7 nitrogen and oxygen atoms in total. The number of rotatable bonds is 9. The van der Waals surface area contributed by atoms with Gasteiger partial charge in [-0.25, -0.2) is 4.79 Å². The molecule has 0 spiro atoms. The van der Waals surface area contributed by atoms with Gasteiger partial charge in [-0.2, -0.15) is 0 Å². The minimum absolute atomic E-state index is 0. The standard InChI is InChI=1S/C25H34N4O3.ClH/c1-4-28(5-2)16-15-26-18-24(30)29-22-10-8-7-9-19(22)11-12-20-13-14-21(17-23(20)29)27-25(31)32-6-3;/h7-10,13-14,17,26H,4-6,11-12,15-16,18H2,1-3H3,(H,27,31);1H/p+1. The van der Waals surface area contributed by atoms with Gasteiger partial charge in [0.2, 0.25) is 0 Å². The van der Waals surface area contributed by atoms with Crippen molar-refractivity contribution in [1.82, 2.24) is 0 Å². The molecule has 2 amide bonds. The molecule has 0 aliphatic carbocycles. The Balaban J connectivity index is 0.00000385. The van der Waals surface area contributed by atoms with Crippen LogP contribution in [0.25, 0.3) is 0 Å². The number of ether oxygens (including phenoxy) is 1. The van der Waals surface area contributed by atoms with E-state index in [0.717, 1.165) is 61.5 Å². The number of nitrogens with two attached hydrogens (primary N) is 1. The lowest BCUT2D eigenvalue weighted by atomic mass is 10.0. The molecule has 0 fully saturated rings. The van der Waals surface area contributed by atoms with E-state index in [-0.39, 0.29) is 18.3 Å². The highest BCUT2D eigenvalue weighted by Crippen LogP contribution is 2.37. The van der Waals surface area contributed by atoms with Crippen LogP contribution in [0.5, 0.6) is 0 Å². The predicted octanol–water partition coefficient (Wildman–Crippen LogP) is -1.49. The van der Waals surface area contributed by atoms with Crippen LogP contribution < -0.4 is 32.8 Å². The highest BCUT2D eigenvalue weighted by Gasteiger charge is 2.27. The third-order valence-electron chi connectivity index (χ3n) is 6.01. The molecule has 33 heavy (non-hydrogen) atoms. The molecule has 0 saturated heterocycles. The van der Waals surface area contributed by atoms with E-state index in [4.69, 9.17) is 4.74 Å². The summed E-state index contributed by atoms with van der Waals surface area (Å²) in [5.41, 5.74) is 4.62. The normalized spacial score (nSPS) is 12.3. The van der Waals surface area contributed by atoms with Crippen LogP contribution in [-0.4, -0.2) is 51.3 Å². The van der Waals surface area contributed by atoms with E-state index in [0.29, 0.717) is 18.8 Å². The Morgan fingerprint density at radius 1 is 1.03 bits per heavy atom. The van der Waals surface area contributed by atoms with Gasteiger partial charge < -0.3 is 27.4 Å². The number of likely N-dealkylation sites (N-methyl/N-ethyl adjacent to an activating group) is 1. The fraction of sp³-hybridized carbons (Fsp3) is 0.440. The maximum Gasteiger partial charge on any atom is 0.411 e. The highest BCUT2D eigenvalue weighted by atomic mass is 35.5. The average molecular weight is 476 g/mol. The number of amides is 2. The molecule has 1 aliphatic heterocycles. The maximum atomic E-state index is 13.5. The van der Waals surface area contributed by atoms with Gasteiger partial charge in [-0.05, 0) is 62.9 Å². The Morgan fingerprint density at radius 2 is 1.73 bits per heavy atom. The molecule has 2 aromatic carbocycles. The van der Waals surface area contributed by atoms with E-state index in [2.05, 4.69) is 30.5 Å². The average Bonchev–Trinajstić information content (AvgIpc) is 2.96. The van der Waals surface area contributed by atoms with Crippen molar-refractivity contribution in [2.75, 3.05) is 49.5 Å². The molecule has 0 aromatic heterocycles. The van der Waals surface area contributed by atoms with Gasteiger partial charge in [0.1, 0.15) is 13.1 Å². The molecule has 0 bridgehead atoms. The van der Waals surface area contributed by atoms with Crippen LogP contribution in [0, 0.1) is 0 Å². The summed E-state index contributed by atoms with van der Waals surface area (Å²) in [6, 6.07) is 13.8. The SMILES string of the molecule is CCOC(=O)Nc1ccc2c(c1)N(C(=O)C[NH2+]CC[NH+](CC)CC)c1ccccc1CC2.[Cl-]. The summed E-state index contributed by atoms with van der Waals surface area (Å²) >= 11 is 0. The first-order valence-electron chi connectivity index (χ1n) is 11.7. The molecule has 4 N–H and O–H groups in total. The molecule has 3 rings (SSSR count). The Morgan fingerprint density at radius 3 is 2.42 bits per heavy atom. The molecular weight excluding hydrogens is 440 g/mol. The fourth-order valence-corrected chi connectivity index (χ4v) is 4.18. The number of para-hydroxylation sites is 1. The monoisotopic (exact) mass is 475 g/mol. The number of quaternary nitrogens is 2. The first-order valence-corrected chi connectivity index (χ1v) is 11.7. The second-order valence-corrected chi connectivity index (χ2v) is 8.04. The zero-order valence-electron chi connectivity index (χ0n) is 19.8. The number of hydrogen-bond donors (Lipinski definition) is 3. The predicted molar refractivity (Wildman–Crippen MR) is 127 cm³/mol. The Hall–Kier alpha value is -2.61. The number of aryl methyl sites for hydroxylation is 2. The topological polar surface area (TPSA) is 79.7 Å². The smallest absolute Gasteiger partial charge is 0.411 e. The summed E-state index contributed by atoms with van der Waals surface area (Å²) < 4.78 is 5.01. The van der Waals surface area contributed by atoms with Crippen LogP contribution in [0.3, 0.4) is 0 Å². The Labute approximate surface area is 202 Å². The van der Waals surface area contributed by atoms with E-state index in [9.17, 15) is 9.59 Å². The number of carbonyl (C=O) groups excluding carboxylic acids is 2. The number of nitrogens with one attached hydrogen (secondary N) is 2. The van der Waals surface area contributed by atoms with Crippen molar-refractivity contribution in [2.24, 2.45) is 0 Å². The van der Waals surface area contributed by atoms with Gasteiger partial charge in [0.25, 0.3) is 5.91 Å². The van der Waals surface area contributed by atoms with Gasteiger partial charge in [0.05, 0.1) is 31.1 Å². The van der Waals surface area contributed by atoms with Crippen LogP contribution in [0.1, 0.15) is 31.9 Å². The van der Waals surface area contributed by atoms with Gasteiger partial charge in [-0.15, -0.1) is 0 Å². The van der Waals surface area contributed by atoms with Crippen LogP contribution in [0.4, 0.5) is 21.9 Å². The van der Waals surface area contributed by atoms with Crippen LogP contribution in [0.15, 0.2) is 42.5 Å². The molecule has 1 heterocycles. The van der Waals surface area contributed by atoms with Crippen molar-refractivity contribution in [3.8, 4) is 0 Å². The van der Waals surface area contributed by atoms with Crippen LogP contribution >= 0.6 is 0 Å². The van der Waals surface area contributed by atoms with Crippen LogP contribution in [0.2, 0.25) is 0 Å². The van der Waals surface area contributed by atoms with Crippen molar-refractivity contribution < 1.29 is 36.9 Å². The molecular formula is C25H36ClN4O3+. The summed E-state index contributed by atoms with van der Waals surface area (Å²) in [7, 11) is 0. The number of benzene rings is 2. The highest BCUT2D eigenvalue weighted by molar-refractivity contribution is 6.03. The molecule has 180 valence electrons. The summed E-state index contributed by atoms with van der Waals surface area (Å²) in [6.45, 7) is 11.0. The quantitative estimate of drug-likeness (QED) is 0.387. The van der Waals surface area contributed by atoms with Crippen LogP contribution in [-0.2, 0) is 22.4 Å². The van der Waals surface area contributed by atoms with E-state index in [1.807, 2.05) is 41.3 Å². The number of fused-ring (bicyclic) bond motifs is 2. The van der Waals surface area contributed by atoms with Gasteiger partial charge in [0, 0.05) is 5.69 Å². The van der Waals surface area contributed by atoms with Gasteiger partial charge in [0.15, 0.2) is 6.54 Å². The van der Waals surface area contributed by atoms with E-state index < -0.39 is 6.09 Å². The fourth-order valence-electron chi connectivity index (χ4n) is 4.18. The minimum atomic E-state index is -0.494. The summed E-state index contributed by atoms with van der Waals surface area (Å²) in [6.07, 6.45) is 1.21.